The van der Waals surface area contributed by atoms with Gasteiger partial charge in [-0.25, -0.2) is 0 Å². The van der Waals surface area contributed by atoms with Gasteiger partial charge in [-0.2, -0.15) is 0 Å². The minimum Gasteiger partial charge on any atom is -0.0917 e. The van der Waals surface area contributed by atoms with E-state index in [1.165, 1.54) is 76.2 Å². The van der Waals surface area contributed by atoms with Gasteiger partial charge in [0, 0.05) is 0 Å². The monoisotopic (exact) mass is 350 g/mol. The van der Waals surface area contributed by atoms with Crippen molar-refractivity contribution in [1.82, 2.24) is 0 Å². The van der Waals surface area contributed by atoms with Crippen LogP contribution >= 0.6 is 0 Å². The van der Waals surface area contributed by atoms with Crippen LogP contribution in [-0.4, -0.2) is 0 Å². The largest absolute Gasteiger partial charge is 0.0917 e. The summed E-state index contributed by atoms with van der Waals surface area (Å²) in [5, 5.41) is 0. The topological polar surface area (TPSA) is 0 Å². The van der Waals surface area contributed by atoms with Crippen molar-refractivity contribution in [2.24, 2.45) is 11.8 Å². The zero-order valence-electron chi connectivity index (χ0n) is 17.1. The van der Waals surface area contributed by atoms with Crippen LogP contribution in [0, 0.1) is 11.8 Å². The van der Waals surface area contributed by atoms with Gasteiger partial charge in [0.2, 0.25) is 0 Å². The van der Waals surface area contributed by atoms with Crippen molar-refractivity contribution in [3.05, 3.63) is 59.2 Å². The molecule has 0 aromatic heterocycles. The van der Waals surface area contributed by atoms with Crippen LogP contribution in [-0.2, 0) is 6.42 Å². The van der Waals surface area contributed by atoms with Crippen LogP contribution in [0.15, 0.2) is 48.1 Å². The van der Waals surface area contributed by atoms with Crippen molar-refractivity contribution in [3.63, 3.8) is 0 Å². The highest BCUT2D eigenvalue weighted by atomic mass is 14.3. The molecule has 1 unspecified atom stereocenters. The van der Waals surface area contributed by atoms with Crippen molar-refractivity contribution in [2.45, 2.75) is 90.4 Å². The Labute approximate surface area is 161 Å². The lowest BCUT2D eigenvalue weighted by atomic mass is 9.70. The van der Waals surface area contributed by atoms with Gasteiger partial charge in [-0.05, 0) is 100 Å². The number of hydrogen-bond acceptors (Lipinski definition) is 0. The fraction of sp³-hybridized carbons (Fsp3) is 0.615. The number of aryl methyl sites for hydroxylation is 1. The molecule has 0 amide bonds. The van der Waals surface area contributed by atoms with Crippen molar-refractivity contribution in [1.29, 1.82) is 0 Å². The zero-order chi connectivity index (χ0) is 18.2. The van der Waals surface area contributed by atoms with Gasteiger partial charge >= 0.3 is 0 Å². The average Bonchev–Trinajstić information content (AvgIpc) is 2.70. The molecule has 0 N–H and O–H groups in total. The molecule has 0 aliphatic heterocycles. The van der Waals surface area contributed by atoms with Gasteiger partial charge in [0.25, 0.3) is 0 Å². The first-order chi connectivity index (χ1) is 12.8. The molecule has 1 fully saturated rings. The maximum atomic E-state index is 2.59. The normalized spacial score (nSPS) is 26.8. The van der Waals surface area contributed by atoms with Gasteiger partial charge in [0.1, 0.15) is 0 Å². The van der Waals surface area contributed by atoms with Crippen molar-refractivity contribution in [3.8, 4) is 0 Å². The van der Waals surface area contributed by atoms with E-state index in [0.717, 1.165) is 17.8 Å². The van der Waals surface area contributed by atoms with Crippen molar-refractivity contribution in [2.75, 3.05) is 0 Å². The minimum absolute atomic E-state index is 0.817. The van der Waals surface area contributed by atoms with E-state index in [1.54, 1.807) is 11.1 Å². The van der Waals surface area contributed by atoms with Crippen LogP contribution in [0.5, 0.6) is 0 Å². The highest BCUT2D eigenvalue weighted by Gasteiger charge is 2.29. The lowest BCUT2D eigenvalue weighted by Crippen LogP contribution is -2.22. The molecular formula is C26H38. The molecule has 1 atom stereocenters. The van der Waals surface area contributed by atoms with Gasteiger partial charge < -0.3 is 0 Å². The third-order valence-electron chi connectivity index (χ3n) is 6.84. The minimum atomic E-state index is 0.817. The molecule has 1 aromatic rings. The number of hydrogen-bond donors (Lipinski definition) is 0. The van der Waals surface area contributed by atoms with Crippen LogP contribution in [0.3, 0.4) is 0 Å². The molecule has 0 spiro atoms. The number of allylic oxidation sites excluding steroid dienone is 4. The number of rotatable bonds is 7. The Hall–Kier alpha value is -1.30. The summed E-state index contributed by atoms with van der Waals surface area (Å²) < 4.78 is 0. The zero-order valence-corrected chi connectivity index (χ0v) is 17.1. The standard InChI is InChI=1S/C26H38/c1-3-5-6-8-22-11-15-24(16-12-22)26-19-17-25(18-20-26)23-13-9-21(7-4-2)10-14-23/h3,5,9-11,13-14,24-26H,4,6-8,12,15-20H2,1-2H3. The highest BCUT2D eigenvalue weighted by molar-refractivity contribution is 5.26. The Bertz CT molecular complexity index is 581. The molecule has 0 heteroatoms. The second kappa shape index (κ2) is 10.1. The lowest BCUT2D eigenvalue weighted by molar-refractivity contribution is 0.217. The van der Waals surface area contributed by atoms with Crippen LogP contribution in [0.1, 0.15) is 95.1 Å². The first-order valence-electron chi connectivity index (χ1n) is 11.2. The summed E-state index contributed by atoms with van der Waals surface area (Å²) in [5.41, 5.74) is 4.82. The summed E-state index contributed by atoms with van der Waals surface area (Å²) in [6.45, 7) is 4.39. The van der Waals surface area contributed by atoms with Crippen LogP contribution in [0.2, 0.25) is 0 Å². The fourth-order valence-corrected chi connectivity index (χ4v) is 5.17. The van der Waals surface area contributed by atoms with E-state index in [2.05, 4.69) is 56.3 Å². The summed E-state index contributed by atoms with van der Waals surface area (Å²) in [4.78, 5) is 0. The average molecular weight is 351 g/mol. The maximum Gasteiger partial charge on any atom is -0.0162 e. The third-order valence-corrected chi connectivity index (χ3v) is 6.84. The van der Waals surface area contributed by atoms with E-state index in [1.807, 2.05) is 0 Å². The second-order valence-electron chi connectivity index (χ2n) is 8.61. The Kier molecular flexibility index (Phi) is 7.59. The van der Waals surface area contributed by atoms with Crippen molar-refractivity contribution < 1.29 is 0 Å². The molecule has 0 nitrogen and oxygen atoms in total. The fourth-order valence-electron chi connectivity index (χ4n) is 5.17. The quantitative estimate of drug-likeness (QED) is 0.437. The second-order valence-corrected chi connectivity index (χ2v) is 8.61. The third kappa shape index (κ3) is 5.35. The van der Waals surface area contributed by atoms with Gasteiger partial charge in [-0.3, -0.25) is 0 Å². The van der Waals surface area contributed by atoms with E-state index in [0.29, 0.717) is 0 Å². The summed E-state index contributed by atoms with van der Waals surface area (Å²) in [6, 6.07) is 9.56. The van der Waals surface area contributed by atoms with Crippen LogP contribution in [0.25, 0.3) is 0 Å². The molecule has 0 saturated heterocycles. The molecule has 3 rings (SSSR count). The number of benzene rings is 1. The Balaban J connectivity index is 1.45. The highest BCUT2D eigenvalue weighted by Crippen LogP contribution is 2.43. The predicted octanol–water partition coefficient (Wildman–Crippen LogP) is 8.00. The summed E-state index contributed by atoms with van der Waals surface area (Å²) in [7, 11) is 0. The molecule has 26 heavy (non-hydrogen) atoms. The molecule has 2 aliphatic carbocycles. The Morgan fingerprint density at radius 1 is 0.923 bits per heavy atom. The van der Waals surface area contributed by atoms with E-state index in [9.17, 15) is 0 Å². The van der Waals surface area contributed by atoms with Gasteiger partial charge in [-0.15, -0.1) is 0 Å². The Morgan fingerprint density at radius 2 is 1.69 bits per heavy atom. The molecular weight excluding hydrogens is 312 g/mol. The SMILES string of the molecule is CC=CCCC1=CCC(C2CCC(c3ccc(CCC)cc3)CC2)CC1. The molecule has 2 aliphatic rings. The summed E-state index contributed by atoms with van der Waals surface area (Å²) in [5.74, 6) is 2.77. The summed E-state index contributed by atoms with van der Waals surface area (Å²) in [6.07, 6.45) is 22.0. The van der Waals surface area contributed by atoms with E-state index < -0.39 is 0 Å². The van der Waals surface area contributed by atoms with E-state index in [-0.39, 0.29) is 0 Å². The molecule has 142 valence electrons. The van der Waals surface area contributed by atoms with Gasteiger partial charge in [0.05, 0.1) is 0 Å². The first kappa shape index (κ1) is 19.5. The molecule has 0 bridgehead atoms. The first-order valence-corrected chi connectivity index (χ1v) is 11.2. The van der Waals surface area contributed by atoms with Crippen molar-refractivity contribution >= 4 is 0 Å². The molecule has 0 radical (unpaired) electrons. The Morgan fingerprint density at radius 3 is 2.31 bits per heavy atom. The van der Waals surface area contributed by atoms with E-state index in [4.69, 9.17) is 0 Å². The molecule has 1 saturated carbocycles. The van der Waals surface area contributed by atoms with Crippen LogP contribution < -0.4 is 0 Å². The van der Waals surface area contributed by atoms with Gasteiger partial charge in [0.15, 0.2) is 0 Å². The van der Waals surface area contributed by atoms with Crippen LogP contribution in [0.4, 0.5) is 0 Å². The van der Waals surface area contributed by atoms with E-state index >= 15 is 0 Å². The predicted molar refractivity (Wildman–Crippen MR) is 115 cm³/mol. The molecule has 1 aromatic carbocycles. The lowest BCUT2D eigenvalue weighted by Gasteiger charge is -2.35. The maximum absolute atomic E-state index is 2.59. The smallest absolute Gasteiger partial charge is 0.0162 e. The molecule has 0 heterocycles. The summed E-state index contributed by atoms with van der Waals surface area (Å²) >= 11 is 0. The van der Waals surface area contributed by atoms with Gasteiger partial charge in [-0.1, -0.05) is 61.4 Å².